The van der Waals surface area contributed by atoms with Crippen LogP contribution in [-0.2, 0) is 0 Å². The summed E-state index contributed by atoms with van der Waals surface area (Å²) in [6.45, 7) is 0. The van der Waals surface area contributed by atoms with Crippen LogP contribution in [0.4, 0.5) is 0 Å². The van der Waals surface area contributed by atoms with Crippen LogP contribution in [0.3, 0.4) is 0 Å². The first-order valence-corrected chi connectivity index (χ1v) is 6.25. The average Bonchev–Trinajstić information content (AvgIpc) is 2.98. The zero-order valence-electron chi connectivity index (χ0n) is 10.9. The molecule has 0 amide bonds. The number of carboxylic acids is 1. The molecule has 21 heavy (non-hydrogen) atoms. The number of aromatic nitrogens is 1. The number of carboxylic acid groups (broad SMARTS) is 1. The quantitative estimate of drug-likeness (QED) is 0.786. The third-order valence-corrected chi connectivity index (χ3v) is 2.89. The first kappa shape index (κ1) is 12.9. The highest BCUT2D eigenvalue weighted by atomic mass is 16.5. The SMILES string of the molecule is O=C(O)c1conc1-c1cccc(Oc2ccccc2)c1. The summed E-state index contributed by atoms with van der Waals surface area (Å²) in [7, 11) is 0. The van der Waals surface area contributed by atoms with Crippen molar-refractivity contribution in [1.82, 2.24) is 5.16 Å². The topological polar surface area (TPSA) is 72.6 Å². The van der Waals surface area contributed by atoms with E-state index in [1.54, 1.807) is 24.3 Å². The maximum atomic E-state index is 11.1. The van der Waals surface area contributed by atoms with Crippen LogP contribution in [0.5, 0.6) is 11.5 Å². The Labute approximate surface area is 120 Å². The predicted molar refractivity (Wildman–Crippen MR) is 75.4 cm³/mol. The number of ether oxygens (including phenoxy) is 1. The lowest BCUT2D eigenvalue weighted by molar-refractivity contribution is 0.0697. The molecule has 0 saturated carbocycles. The molecule has 0 saturated heterocycles. The van der Waals surface area contributed by atoms with Gasteiger partial charge in [-0.3, -0.25) is 0 Å². The molecule has 0 aliphatic carbocycles. The minimum atomic E-state index is -1.08. The van der Waals surface area contributed by atoms with Crippen molar-refractivity contribution < 1.29 is 19.2 Å². The zero-order chi connectivity index (χ0) is 14.7. The maximum absolute atomic E-state index is 11.1. The fourth-order valence-electron chi connectivity index (χ4n) is 1.93. The molecule has 0 fully saturated rings. The van der Waals surface area contributed by atoms with E-state index in [2.05, 4.69) is 5.16 Å². The minimum absolute atomic E-state index is 0.0202. The molecule has 0 spiro atoms. The molecule has 3 rings (SSSR count). The Morgan fingerprint density at radius 1 is 1.05 bits per heavy atom. The van der Waals surface area contributed by atoms with Crippen LogP contribution in [-0.4, -0.2) is 16.2 Å². The minimum Gasteiger partial charge on any atom is -0.477 e. The zero-order valence-corrected chi connectivity index (χ0v) is 10.9. The van der Waals surface area contributed by atoms with Crippen molar-refractivity contribution in [2.24, 2.45) is 0 Å². The summed E-state index contributed by atoms with van der Waals surface area (Å²) in [6, 6.07) is 16.4. The first-order valence-electron chi connectivity index (χ1n) is 6.25. The van der Waals surface area contributed by atoms with Crippen LogP contribution in [0, 0.1) is 0 Å². The van der Waals surface area contributed by atoms with E-state index in [1.165, 1.54) is 0 Å². The lowest BCUT2D eigenvalue weighted by Gasteiger charge is -2.06. The Morgan fingerprint density at radius 3 is 2.57 bits per heavy atom. The van der Waals surface area contributed by atoms with Crippen molar-refractivity contribution in [2.45, 2.75) is 0 Å². The summed E-state index contributed by atoms with van der Waals surface area (Å²) < 4.78 is 10.5. The van der Waals surface area contributed by atoms with E-state index in [-0.39, 0.29) is 11.3 Å². The summed E-state index contributed by atoms with van der Waals surface area (Å²) in [5.41, 5.74) is 0.919. The Morgan fingerprint density at radius 2 is 1.81 bits per heavy atom. The lowest BCUT2D eigenvalue weighted by Crippen LogP contribution is -1.96. The van der Waals surface area contributed by atoms with E-state index < -0.39 is 5.97 Å². The molecular weight excluding hydrogens is 270 g/mol. The number of benzene rings is 2. The summed E-state index contributed by atoms with van der Waals surface area (Å²) >= 11 is 0. The lowest BCUT2D eigenvalue weighted by atomic mass is 10.1. The molecule has 0 unspecified atom stereocenters. The summed E-state index contributed by atoms with van der Waals surface area (Å²) in [5, 5.41) is 12.8. The largest absolute Gasteiger partial charge is 0.477 e. The maximum Gasteiger partial charge on any atom is 0.341 e. The molecule has 1 heterocycles. The third-order valence-electron chi connectivity index (χ3n) is 2.89. The van der Waals surface area contributed by atoms with Crippen LogP contribution in [0.25, 0.3) is 11.3 Å². The Bertz CT molecular complexity index is 765. The van der Waals surface area contributed by atoms with E-state index in [0.29, 0.717) is 17.1 Å². The van der Waals surface area contributed by atoms with Crippen LogP contribution >= 0.6 is 0 Å². The van der Waals surface area contributed by atoms with Gasteiger partial charge in [-0.05, 0) is 24.3 Å². The highest BCUT2D eigenvalue weighted by molar-refractivity contribution is 5.94. The number of aromatic carboxylic acids is 1. The molecular formula is C16H11NO4. The van der Waals surface area contributed by atoms with Gasteiger partial charge in [-0.1, -0.05) is 35.5 Å². The van der Waals surface area contributed by atoms with Crippen LogP contribution in [0.15, 0.2) is 65.4 Å². The number of hydrogen-bond donors (Lipinski definition) is 1. The highest BCUT2D eigenvalue weighted by Gasteiger charge is 2.16. The number of nitrogens with zero attached hydrogens (tertiary/aromatic N) is 1. The Hall–Kier alpha value is -3.08. The summed E-state index contributed by atoms with van der Waals surface area (Å²) in [4.78, 5) is 11.1. The number of hydrogen-bond acceptors (Lipinski definition) is 4. The molecule has 0 bridgehead atoms. The van der Waals surface area contributed by atoms with Gasteiger partial charge in [0.1, 0.15) is 29.0 Å². The number of para-hydroxylation sites is 1. The normalized spacial score (nSPS) is 10.3. The predicted octanol–water partition coefficient (Wildman–Crippen LogP) is 3.83. The van der Waals surface area contributed by atoms with Gasteiger partial charge in [-0.15, -0.1) is 0 Å². The Balaban J connectivity index is 1.93. The van der Waals surface area contributed by atoms with Crippen molar-refractivity contribution in [3.8, 4) is 22.8 Å². The van der Waals surface area contributed by atoms with Gasteiger partial charge in [0.25, 0.3) is 0 Å². The van der Waals surface area contributed by atoms with Crippen molar-refractivity contribution in [3.63, 3.8) is 0 Å². The summed E-state index contributed by atoms with van der Waals surface area (Å²) in [6.07, 6.45) is 1.11. The number of carbonyl (C=O) groups is 1. The van der Waals surface area contributed by atoms with Crippen LogP contribution in [0.2, 0.25) is 0 Å². The molecule has 0 aliphatic rings. The van der Waals surface area contributed by atoms with Crippen molar-refractivity contribution in [1.29, 1.82) is 0 Å². The van der Waals surface area contributed by atoms with Crippen LogP contribution in [0.1, 0.15) is 10.4 Å². The molecule has 0 atom stereocenters. The molecule has 1 aromatic heterocycles. The van der Waals surface area contributed by atoms with Gasteiger partial charge in [-0.25, -0.2) is 4.79 Å². The molecule has 5 heteroatoms. The number of rotatable bonds is 4. The van der Waals surface area contributed by atoms with E-state index in [4.69, 9.17) is 14.4 Å². The molecule has 5 nitrogen and oxygen atoms in total. The highest BCUT2D eigenvalue weighted by Crippen LogP contribution is 2.28. The van der Waals surface area contributed by atoms with Gasteiger partial charge in [0.2, 0.25) is 0 Å². The second-order valence-electron chi connectivity index (χ2n) is 4.32. The smallest absolute Gasteiger partial charge is 0.341 e. The van der Waals surface area contributed by atoms with E-state index in [0.717, 1.165) is 6.26 Å². The fraction of sp³-hybridized carbons (Fsp3) is 0. The molecule has 104 valence electrons. The monoisotopic (exact) mass is 281 g/mol. The molecule has 2 aromatic carbocycles. The third kappa shape index (κ3) is 2.76. The molecule has 3 aromatic rings. The summed E-state index contributed by atoms with van der Waals surface area (Å²) in [5.74, 6) is 0.215. The second-order valence-corrected chi connectivity index (χ2v) is 4.32. The Kier molecular flexibility index (Phi) is 3.39. The van der Waals surface area contributed by atoms with E-state index >= 15 is 0 Å². The van der Waals surface area contributed by atoms with Gasteiger partial charge in [0, 0.05) is 5.56 Å². The van der Waals surface area contributed by atoms with Gasteiger partial charge in [0.15, 0.2) is 0 Å². The first-order chi connectivity index (χ1) is 10.2. The standard InChI is InChI=1S/C16H11NO4/c18-16(19)14-10-20-17-15(14)11-5-4-8-13(9-11)21-12-6-2-1-3-7-12/h1-10H,(H,18,19). The second kappa shape index (κ2) is 5.50. The van der Waals surface area contributed by atoms with Crippen molar-refractivity contribution >= 4 is 5.97 Å². The van der Waals surface area contributed by atoms with Crippen molar-refractivity contribution in [2.75, 3.05) is 0 Å². The van der Waals surface area contributed by atoms with E-state index in [9.17, 15) is 4.79 Å². The van der Waals surface area contributed by atoms with Gasteiger partial charge in [0.05, 0.1) is 0 Å². The van der Waals surface area contributed by atoms with Gasteiger partial charge < -0.3 is 14.4 Å². The molecule has 1 N–H and O–H groups in total. The van der Waals surface area contributed by atoms with E-state index in [1.807, 2.05) is 30.3 Å². The fourth-order valence-corrected chi connectivity index (χ4v) is 1.93. The molecule has 0 radical (unpaired) electrons. The van der Waals surface area contributed by atoms with Gasteiger partial charge in [-0.2, -0.15) is 0 Å². The van der Waals surface area contributed by atoms with Gasteiger partial charge >= 0.3 is 5.97 Å². The molecule has 0 aliphatic heterocycles. The van der Waals surface area contributed by atoms with Crippen molar-refractivity contribution in [3.05, 3.63) is 66.4 Å². The van der Waals surface area contributed by atoms with Crippen LogP contribution < -0.4 is 4.74 Å². The average molecular weight is 281 g/mol.